The van der Waals surface area contributed by atoms with Gasteiger partial charge in [0.25, 0.3) is 0 Å². The van der Waals surface area contributed by atoms with Gasteiger partial charge in [0.15, 0.2) is 0 Å². The van der Waals surface area contributed by atoms with Gasteiger partial charge in [0.2, 0.25) is 0 Å². The van der Waals surface area contributed by atoms with Gasteiger partial charge in [-0.05, 0) is 18.6 Å². The summed E-state index contributed by atoms with van der Waals surface area (Å²) in [6.07, 6.45) is 1.95. The Bertz CT molecular complexity index is 628. The largest absolute Gasteiger partial charge is 0.478 e. The van der Waals surface area contributed by atoms with Gasteiger partial charge in [-0.25, -0.2) is 14.4 Å². The second-order valence-corrected chi connectivity index (χ2v) is 4.53. The predicted molar refractivity (Wildman–Crippen MR) is 89.0 cm³/mol. The van der Waals surface area contributed by atoms with Crippen molar-refractivity contribution in [2.45, 2.75) is 13.5 Å². The Balaban J connectivity index is 0.000000640. The fourth-order valence-corrected chi connectivity index (χ4v) is 1.23. The number of hydrogen-bond acceptors (Lipinski definition) is 5. The minimum atomic E-state index is -1.14. The van der Waals surface area contributed by atoms with Crippen LogP contribution in [0, 0.1) is 0 Å². The van der Waals surface area contributed by atoms with E-state index in [-0.39, 0.29) is 18.1 Å². The molecular formula is C18H20O6. The molecule has 0 unspecified atom stereocenters. The van der Waals surface area contributed by atoms with Gasteiger partial charge in [-0.2, -0.15) is 0 Å². The van der Waals surface area contributed by atoms with Crippen LogP contribution in [0.4, 0.5) is 0 Å². The summed E-state index contributed by atoms with van der Waals surface area (Å²) in [7, 11) is 1.33. The van der Waals surface area contributed by atoms with Crippen molar-refractivity contribution < 1.29 is 29.0 Å². The number of carbonyl (C=O) groups excluding carboxylic acids is 2. The highest BCUT2D eigenvalue weighted by Gasteiger charge is 2.05. The summed E-state index contributed by atoms with van der Waals surface area (Å²) in [5.41, 5.74) is 1.29. The van der Waals surface area contributed by atoms with Crippen molar-refractivity contribution in [1.82, 2.24) is 0 Å². The summed E-state index contributed by atoms with van der Waals surface area (Å²) >= 11 is 0. The molecule has 0 atom stereocenters. The molecule has 0 aromatic heterocycles. The van der Waals surface area contributed by atoms with Crippen molar-refractivity contribution in [2.75, 3.05) is 7.11 Å². The van der Waals surface area contributed by atoms with Gasteiger partial charge in [-0.15, -0.1) is 0 Å². The van der Waals surface area contributed by atoms with Gasteiger partial charge in [0, 0.05) is 11.6 Å². The maximum atomic E-state index is 11.4. The summed E-state index contributed by atoms with van der Waals surface area (Å²) < 4.78 is 9.21. The van der Waals surface area contributed by atoms with E-state index in [0.29, 0.717) is 5.57 Å². The smallest absolute Gasteiger partial charge is 0.337 e. The Morgan fingerprint density at radius 3 is 2.08 bits per heavy atom. The van der Waals surface area contributed by atoms with E-state index >= 15 is 0 Å². The van der Waals surface area contributed by atoms with E-state index in [9.17, 15) is 14.4 Å². The number of aliphatic carboxylic acids is 1. The second-order valence-electron chi connectivity index (χ2n) is 4.53. The predicted octanol–water partition coefficient (Wildman–Crippen LogP) is 2.66. The number of esters is 2. The summed E-state index contributed by atoms with van der Waals surface area (Å²) in [5.74, 6) is -2.12. The quantitative estimate of drug-likeness (QED) is 0.489. The molecule has 128 valence electrons. The maximum absolute atomic E-state index is 11.4. The SMILES string of the molecule is C=C(C)C(=O)OC.C=C(C=CC(=O)O)C(=O)OCc1ccccc1. The van der Waals surface area contributed by atoms with E-state index in [0.717, 1.165) is 17.7 Å². The molecular weight excluding hydrogens is 312 g/mol. The van der Waals surface area contributed by atoms with Crippen molar-refractivity contribution in [1.29, 1.82) is 0 Å². The van der Waals surface area contributed by atoms with E-state index in [1.54, 1.807) is 6.92 Å². The zero-order valence-electron chi connectivity index (χ0n) is 13.7. The normalized spacial score (nSPS) is 9.42. The first-order valence-corrected chi connectivity index (χ1v) is 6.82. The van der Waals surface area contributed by atoms with Crippen molar-refractivity contribution in [3.8, 4) is 0 Å². The van der Waals surface area contributed by atoms with E-state index < -0.39 is 11.9 Å². The Morgan fingerprint density at radius 1 is 1.08 bits per heavy atom. The average molecular weight is 332 g/mol. The van der Waals surface area contributed by atoms with Gasteiger partial charge >= 0.3 is 17.9 Å². The van der Waals surface area contributed by atoms with Gasteiger partial charge in [0.05, 0.1) is 12.7 Å². The molecule has 6 nitrogen and oxygen atoms in total. The molecule has 0 heterocycles. The van der Waals surface area contributed by atoms with Crippen LogP contribution in [-0.4, -0.2) is 30.1 Å². The molecule has 0 aliphatic heterocycles. The minimum absolute atomic E-state index is 0.00308. The lowest BCUT2D eigenvalue weighted by atomic mass is 10.2. The van der Waals surface area contributed by atoms with Crippen LogP contribution in [0.3, 0.4) is 0 Å². The van der Waals surface area contributed by atoms with Crippen molar-refractivity contribution >= 4 is 17.9 Å². The Kier molecular flexibility index (Phi) is 9.92. The zero-order chi connectivity index (χ0) is 18.5. The van der Waals surface area contributed by atoms with Crippen molar-refractivity contribution in [3.63, 3.8) is 0 Å². The summed E-state index contributed by atoms with van der Waals surface area (Å²) in [6.45, 7) is 8.51. The molecule has 0 saturated heterocycles. The zero-order valence-corrected chi connectivity index (χ0v) is 13.7. The molecule has 0 radical (unpaired) electrons. The molecule has 0 aliphatic carbocycles. The van der Waals surface area contributed by atoms with Crippen LogP contribution in [0.25, 0.3) is 0 Å². The number of carboxylic acids is 1. The monoisotopic (exact) mass is 332 g/mol. The number of rotatable bonds is 6. The molecule has 0 spiro atoms. The van der Waals surface area contributed by atoms with Crippen LogP contribution in [0.5, 0.6) is 0 Å². The fourth-order valence-electron chi connectivity index (χ4n) is 1.23. The lowest BCUT2D eigenvalue weighted by Gasteiger charge is -2.04. The summed E-state index contributed by atoms with van der Waals surface area (Å²) in [4.78, 5) is 31.8. The van der Waals surface area contributed by atoms with Crippen LogP contribution in [0.1, 0.15) is 12.5 Å². The number of methoxy groups -OCH3 is 1. The number of hydrogen-bond donors (Lipinski definition) is 1. The molecule has 0 saturated carbocycles. The maximum Gasteiger partial charge on any atom is 0.337 e. The highest BCUT2D eigenvalue weighted by Crippen LogP contribution is 2.04. The molecule has 6 heteroatoms. The van der Waals surface area contributed by atoms with Crippen LogP contribution < -0.4 is 0 Å². The first kappa shape index (κ1) is 20.9. The minimum Gasteiger partial charge on any atom is -0.478 e. The molecule has 0 fully saturated rings. The van der Waals surface area contributed by atoms with E-state index in [1.165, 1.54) is 7.11 Å². The number of carboxylic acid groups (broad SMARTS) is 1. The highest BCUT2D eigenvalue weighted by molar-refractivity contribution is 5.93. The number of ether oxygens (including phenoxy) is 2. The van der Waals surface area contributed by atoms with Crippen LogP contribution in [0.2, 0.25) is 0 Å². The third-order valence-corrected chi connectivity index (χ3v) is 2.44. The third-order valence-electron chi connectivity index (χ3n) is 2.44. The molecule has 1 N–H and O–H groups in total. The van der Waals surface area contributed by atoms with E-state index in [4.69, 9.17) is 9.84 Å². The van der Waals surface area contributed by atoms with Crippen LogP contribution in [-0.2, 0) is 30.5 Å². The Labute approximate surface area is 140 Å². The van der Waals surface area contributed by atoms with E-state index in [1.807, 2.05) is 30.3 Å². The van der Waals surface area contributed by atoms with Crippen LogP contribution >= 0.6 is 0 Å². The van der Waals surface area contributed by atoms with Gasteiger partial charge in [0.1, 0.15) is 6.61 Å². The van der Waals surface area contributed by atoms with Crippen LogP contribution in [0.15, 0.2) is 66.8 Å². The number of benzene rings is 1. The molecule has 0 aliphatic rings. The van der Waals surface area contributed by atoms with Crippen molar-refractivity contribution in [3.05, 3.63) is 72.4 Å². The summed E-state index contributed by atoms with van der Waals surface area (Å²) in [6, 6.07) is 9.18. The van der Waals surface area contributed by atoms with Crippen molar-refractivity contribution in [2.24, 2.45) is 0 Å². The average Bonchev–Trinajstić information content (AvgIpc) is 2.58. The molecule has 1 aromatic carbocycles. The second kappa shape index (κ2) is 11.4. The van der Waals surface area contributed by atoms with Gasteiger partial charge in [-0.3, -0.25) is 0 Å². The lowest BCUT2D eigenvalue weighted by Crippen LogP contribution is -2.06. The van der Waals surface area contributed by atoms with Gasteiger partial charge < -0.3 is 14.6 Å². The third kappa shape index (κ3) is 9.73. The summed E-state index contributed by atoms with van der Waals surface area (Å²) in [5, 5.41) is 8.37. The molecule has 1 rings (SSSR count). The van der Waals surface area contributed by atoms with Gasteiger partial charge in [-0.1, -0.05) is 43.5 Å². The van der Waals surface area contributed by atoms with E-state index in [2.05, 4.69) is 17.9 Å². The first-order chi connectivity index (χ1) is 11.3. The molecule has 24 heavy (non-hydrogen) atoms. The molecule has 0 amide bonds. The Morgan fingerprint density at radius 2 is 1.67 bits per heavy atom. The molecule has 1 aromatic rings. The first-order valence-electron chi connectivity index (χ1n) is 6.82. The number of carbonyl (C=O) groups is 3. The standard InChI is InChI=1S/C13H12O4.C5H8O2/c1-10(7-8-12(14)15)13(16)17-9-11-5-3-2-4-6-11;1-4(2)5(6)7-3/h2-8H,1,9H2,(H,14,15);1H2,2-3H3. The Hall–Kier alpha value is -3.15. The topological polar surface area (TPSA) is 89.9 Å². The highest BCUT2D eigenvalue weighted by atomic mass is 16.5. The lowest BCUT2D eigenvalue weighted by molar-refractivity contribution is -0.140. The fraction of sp³-hybridized carbons (Fsp3) is 0.167. The molecule has 0 bridgehead atoms.